The Kier molecular flexibility index (Phi) is 4.81. The summed E-state index contributed by atoms with van der Waals surface area (Å²) in [4.78, 5) is 21.1. The number of nitrogens with zero attached hydrogens (tertiary/aromatic N) is 3. The molecule has 0 radical (unpaired) electrons. The Labute approximate surface area is 112 Å². The van der Waals surface area contributed by atoms with Crippen molar-refractivity contribution in [2.45, 2.75) is 19.4 Å². The maximum Gasteiger partial charge on any atom is 0.339 e. The Hall–Kier alpha value is -1.53. The van der Waals surface area contributed by atoms with Crippen LogP contribution in [-0.2, 0) is 6.54 Å². The summed E-state index contributed by atoms with van der Waals surface area (Å²) in [6.07, 6.45) is 5.12. The third-order valence-corrected chi connectivity index (χ3v) is 3.59. The summed E-state index contributed by atoms with van der Waals surface area (Å²) in [5, 5.41) is 12.3. The number of carboxylic acids is 1. The zero-order chi connectivity index (χ0) is 13.7. The van der Waals surface area contributed by atoms with Crippen LogP contribution in [0, 0.1) is 5.92 Å². The SMILES string of the molecule is CN1CCC(CNCc2ncncc2C(=O)O)CC1. The lowest BCUT2D eigenvalue weighted by Gasteiger charge is -2.29. The molecule has 1 aromatic rings. The van der Waals surface area contributed by atoms with Gasteiger partial charge in [0, 0.05) is 12.7 Å². The molecule has 2 heterocycles. The molecule has 0 amide bonds. The molecule has 19 heavy (non-hydrogen) atoms. The number of nitrogens with one attached hydrogen (secondary N) is 1. The highest BCUT2D eigenvalue weighted by molar-refractivity contribution is 5.88. The predicted molar refractivity (Wildman–Crippen MR) is 70.9 cm³/mol. The van der Waals surface area contributed by atoms with E-state index in [1.54, 1.807) is 0 Å². The Bertz CT molecular complexity index is 430. The highest BCUT2D eigenvalue weighted by atomic mass is 16.4. The van der Waals surface area contributed by atoms with Crippen LogP contribution >= 0.6 is 0 Å². The van der Waals surface area contributed by atoms with Gasteiger partial charge in [0.15, 0.2) is 0 Å². The van der Waals surface area contributed by atoms with E-state index in [0.717, 1.165) is 19.6 Å². The number of piperidine rings is 1. The van der Waals surface area contributed by atoms with E-state index >= 15 is 0 Å². The first kappa shape index (κ1) is 13.9. The van der Waals surface area contributed by atoms with Crippen molar-refractivity contribution >= 4 is 5.97 Å². The molecule has 0 unspecified atom stereocenters. The molecule has 104 valence electrons. The van der Waals surface area contributed by atoms with Gasteiger partial charge < -0.3 is 15.3 Å². The first-order chi connectivity index (χ1) is 9.16. The van der Waals surface area contributed by atoms with Crippen molar-refractivity contribution in [2.75, 3.05) is 26.7 Å². The van der Waals surface area contributed by atoms with Crippen LogP contribution in [0.5, 0.6) is 0 Å². The van der Waals surface area contributed by atoms with Gasteiger partial charge in [-0.3, -0.25) is 0 Å². The number of aromatic nitrogens is 2. The fraction of sp³-hybridized carbons (Fsp3) is 0.615. The van der Waals surface area contributed by atoms with Crippen molar-refractivity contribution in [1.82, 2.24) is 20.2 Å². The molecule has 0 spiro atoms. The number of likely N-dealkylation sites (tertiary alicyclic amines) is 1. The van der Waals surface area contributed by atoms with E-state index in [1.807, 2.05) is 0 Å². The second kappa shape index (κ2) is 6.58. The van der Waals surface area contributed by atoms with E-state index in [9.17, 15) is 4.79 Å². The first-order valence-corrected chi connectivity index (χ1v) is 6.58. The molecular formula is C13H20N4O2. The molecule has 0 aliphatic carbocycles. The molecule has 0 atom stereocenters. The molecule has 2 rings (SSSR count). The van der Waals surface area contributed by atoms with Crippen molar-refractivity contribution in [3.63, 3.8) is 0 Å². The van der Waals surface area contributed by atoms with Gasteiger partial charge in [-0.05, 0) is 45.4 Å². The molecule has 2 N–H and O–H groups in total. The van der Waals surface area contributed by atoms with Crippen molar-refractivity contribution in [1.29, 1.82) is 0 Å². The zero-order valence-electron chi connectivity index (χ0n) is 11.2. The third-order valence-electron chi connectivity index (χ3n) is 3.59. The van der Waals surface area contributed by atoms with Gasteiger partial charge >= 0.3 is 5.97 Å². The standard InChI is InChI=1S/C13H20N4O2/c1-17-4-2-10(3-5-17)6-14-8-12-11(13(18)19)7-15-9-16-12/h7,9-10,14H,2-6,8H2,1H3,(H,18,19). The maximum atomic E-state index is 11.0. The summed E-state index contributed by atoms with van der Waals surface area (Å²) < 4.78 is 0. The van der Waals surface area contributed by atoms with Crippen molar-refractivity contribution in [3.8, 4) is 0 Å². The average Bonchev–Trinajstić information content (AvgIpc) is 2.41. The number of hydrogen-bond acceptors (Lipinski definition) is 5. The number of rotatable bonds is 5. The van der Waals surface area contributed by atoms with Crippen LogP contribution in [0.15, 0.2) is 12.5 Å². The van der Waals surface area contributed by atoms with E-state index in [-0.39, 0.29) is 5.56 Å². The summed E-state index contributed by atoms with van der Waals surface area (Å²) in [6, 6.07) is 0. The Balaban J connectivity index is 1.81. The van der Waals surface area contributed by atoms with Gasteiger partial charge in [0.1, 0.15) is 11.9 Å². The number of aromatic carboxylic acids is 1. The minimum atomic E-state index is -0.975. The average molecular weight is 264 g/mol. The molecule has 0 aromatic carbocycles. The lowest BCUT2D eigenvalue weighted by atomic mass is 9.97. The number of carbonyl (C=O) groups is 1. The highest BCUT2D eigenvalue weighted by Crippen LogP contribution is 2.15. The molecular weight excluding hydrogens is 244 g/mol. The smallest absolute Gasteiger partial charge is 0.339 e. The monoisotopic (exact) mass is 264 g/mol. The molecule has 1 aromatic heterocycles. The van der Waals surface area contributed by atoms with Crippen molar-refractivity contribution in [3.05, 3.63) is 23.8 Å². The highest BCUT2D eigenvalue weighted by Gasteiger charge is 2.17. The maximum absolute atomic E-state index is 11.0. The first-order valence-electron chi connectivity index (χ1n) is 6.58. The van der Waals surface area contributed by atoms with E-state index < -0.39 is 5.97 Å². The minimum absolute atomic E-state index is 0.179. The van der Waals surface area contributed by atoms with Gasteiger partial charge in [0.2, 0.25) is 0 Å². The predicted octanol–water partition coefficient (Wildman–Crippen LogP) is 0.606. The van der Waals surface area contributed by atoms with Crippen LogP contribution in [-0.4, -0.2) is 52.6 Å². The normalized spacial score (nSPS) is 17.5. The van der Waals surface area contributed by atoms with Gasteiger partial charge in [0.05, 0.1) is 5.69 Å². The molecule has 6 nitrogen and oxygen atoms in total. The molecule has 6 heteroatoms. The molecule has 1 fully saturated rings. The second-order valence-electron chi connectivity index (χ2n) is 5.07. The van der Waals surface area contributed by atoms with Gasteiger partial charge in [-0.25, -0.2) is 14.8 Å². The van der Waals surface area contributed by atoms with E-state index in [2.05, 4.69) is 27.2 Å². The fourth-order valence-electron chi connectivity index (χ4n) is 2.34. The largest absolute Gasteiger partial charge is 0.478 e. The van der Waals surface area contributed by atoms with E-state index in [4.69, 9.17) is 5.11 Å². The zero-order valence-corrected chi connectivity index (χ0v) is 11.2. The Morgan fingerprint density at radius 1 is 1.53 bits per heavy atom. The summed E-state index contributed by atoms with van der Waals surface area (Å²) >= 11 is 0. The molecule has 0 saturated carbocycles. The summed E-state index contributed by atoms with van der Waals surface area (Å²) in [6.45, 7) is 3.67. The van der Waals surface area contributed by atoms with E-state index in [0.29, 0.717) is 18.2 Å². The molecule has 1 saturated heterocycles. The van der Waals surface area contributed by atoms with Crippen LogP contribution in [0.2, 0.25) is 0 Å². The Morgan fingerprint density at radius 2 is 2.26 bits per heavy atom. The third kappa shape index (κ3) is 3.97. The Morgan fingerprint density at radius 3 is 2.95 bits per heavy atom. The fourth-order valence-corrected chi connectivity index (χ4v) is 2.34. The summed E-state index contributed by atoms with van der Waals surface area (Å²) in [5.74, 6) is -0.303. The van der Waals surface area contributed by atoms with Crippen LogP contribution in [0.4, 0.5) is 0 Å². The van der Waals surface area contributed by atoms with Gasteiger partial charge in [-0.1, -0.05) is 0 Å². The lowest BCUT2D eigenvalue weighted by Crippen LogP contribution is -2.35. The number of carboxylic acid groups (broad SMARTS) is 1. The molecule has 1 aliphatic rings. The quantitative estimate of drug-likeness (QED) is 0.811. The van der Waals surface area contributed by atoms with Crippen molar-refractivity contribution in [2.24, 2.45) is 5.92 Å². The minimum Gasteiger partial charge on any atom is -0.478 e. The van der Waals surface area contributed by atoms with Gasteiger partial charge in [-0.2, -0.15) is 0 Å². The van der Waals surface area contributed by atoms with Crippen molar-refractivity contribution < 1.29 is 9.90 Å². The summed E-state index contributed by atoms with van der Waals surface area (Å²) in [7, 11) is 2.14. The number of hydrogen-bond donors (Lipinski definition) is 2. The van der Waals surface area contributed by atoms with Crippen LogP contribution in [0.25, 0.3) is 0 Å². The van der Waals surface area contributed by atoms with Crippen LogP contribution in [0.3, 0.4) is 0 Å². The summed E-state index contributed by atoms with van der Waals surface area (Å²) in [5.41, 5.74) is 0.730. The van der Waals surface area contributed by atoms with E-state index in [1.165, 1.54) is 25.4 Å². The van der Waals surface area contributed by atoms with Crippen LogP contribution < -0.4 is 5.32 Å². The van der Waals surface area contributed by atoms with Gasteiger partial charge in [0.25, 0.3) is 0 Å². The lowest BCUT2D eigenvalue weighted by molar-refractivity contribution is 0.0694. The molecule has 1 aliphatic heterocycles. The molecule has 0 bridgehead atoms. The second-order valence-corrected chi connectivity index (χ2v) is 5.07. The van der Waals surface area contributed by atoms with Gasteiger partial charge in [-0.15, -0.1) is 0 Å². The topological polar surface area (TPSA) is 78.3 Å². The van der Waals surface area contributed by atoms with Crippen LogP contribution in [0.1, 0.15) is 28.9 Å².